The smallest absolute Gasteiger partial charge is 0.344 e. The fraction of sp³-hybridized carbons (Fsp3) is 0.0435. The summed E-state index contributed by atoms with van der Waals surface area (Å²) in [4.78, 5) is 25.1. The van der Waals surface area contributed by atoms with Crippen molar-refractivity contribution < 1.29 is 18.7 Å². The van der Waals surface area contributed by atoms with E-state index >= 15 is 0 Å². The van der Waals surface area contributed by atoms with Crippen LogP contribution in [0.2, 0.25) is 0 Å². The normalized spacial score (nSPS) is 10.7. The number of carbonyl (C=O) groups is 1. The highest BCUT2D eigenvalue weighted by atomic mass is 127. The minimum absolute atomic E-state index is 0.0895. The Morgan fingerprint density at radius 1 is 0.966 bits per heavy atom. The molecule has 3 aromatic carbocycles. The van der Waals surface area contributed by atoms with Crippen molar-refractivity contribution in [3.05, 3.63) is 97.9 Å². The molecule has 144 valence electrons. The van der Waals surface area contributed by atoms with Gasteiger partial charge in [0.2, 0.25) is 11.2 Å². The van der Waals surface area contributed by atoms with Crippen molar-refractivity contribution in [2.24, 2.45) is 0 Å². The van der Waals surface area contributed by atoms with Crippen LogP contribution in [0.5, 0.6) is 17.2 Å². The third kappa shape index (κ3) is 4.17. The molecule has 0 N–H and O–H groups in total. The maximum atomic E-state index is 12.7. The summed E-state index contributed by atoms with van der Waals surface area (Å²) >= 11 is 2.08. The van der Waals surface area contributed by atoms with Crippen molar-refractivity contribution in [2.45, 2.75) is 6.92 Å². The second-order valence-electron chi connectivity index (χ2n) is 6.37. The van der Waals surface area contributed by atoms with Gasteiger partial charge in [0, 0.05) is 9.64 Å². The van der Waals surface area contributed by atoms with Crippen molar-refractivity contribution in [1.29, 1.82) is 0 Å². The molecule has 0 bridgehead atoms. The van der Waals surface area contributed by atoms with Crippen LogP contribution < -0.4 is 14.9 Å². The Kier molecular flexibility index (Phi) is 5.35. The number of halogens is 1. The molecule has 5 nitrogen and oxygen atoms in total. The van der Waals surface area contributed by atoms with E-state index in [-0.39, 0.29) is 16.9 Å². The van der Waals surface area contributed by atoms with E-state index in [1.54, 1.807) is 30.3 Å². The summed E-state index contributed by atoms with van der Waals surface area (Å²) in [5, 5.41) is 0.337. The SMILES string of the molecule is Cc1cccc(Oc2coc3cc(OC(=O)c4ccccc4I)ccc3c2=O)c1. The van der Waals surface area contributed by atoms with Crippen LogP contribution in [0.25, 0.3) is 11.0 Å². The molecule has 0 aliphatic rings. The van der Waals surface area contributed by atoms with Gasteiger partial charge >= 0.3 is 5.97 Å². The Labute approximate surface area is 180 Å². The van der Waals surface area contributed by atoms with Gasteiger partial charge in [-0.2, -0.15) is 0 Å². The monoisotopic (exact) mass is 498 g/mol. The lowest BCUT2D eigenvalue weighted by atomic mass is 10.2. The van der Waals surface area contributed by atoms with E-state index in [1.807, 2.05) is 37.3 Å². The van der Waals surface area contributed by atoms with Crippen LogP contribution in [0.3, 0.4) is 0 Å². The molecular formula is C23H15IO5. The fourth-order valence-electron chi connectivity index (χ4n) is 2.82. The summed E-state index contributed by atoms with van der Waals surface area (Å²) in [6.45, 7) is 1.94. The Morgan fingerprint density at radius 3 is 2.59 bits per heavy atom. The second kappa shape index (κ2) is 8.08. The average molecular weight is 498 g/mol. The number of hydrogen-bond acceptors (Lipinski definition) is 5. The maximum Gasteiger partial charge on any atom is 0.344 e. The molecule has 4 rings (SSSR count). The highest BCUT2D eigenvalue weighted by Crippen LogP contribution is 2.25. The van der Waals surface area contributed by atoms with Gasteiger partial charge in [0.15, 0.2) is 0 Å². The van der Waals surface area contributed by atoms with E-state index in [0.717, 1.165) is 9.13 Å². The molecule has 0 fully saturated rings. The minimum Gasteiger partial charge on any atom is -0.460 e. The summed E-state index contributed by atoms with van der Waals surface area (Å²) in [5.74, 6) is 0.458. The summed E-state index contributed by atoms with van der Waals surface area (Å²) < 4.78 is 17.5. The van der Waals surface area contributed by atoms with E-state index in [0.29, 0.717) is 22.3 Å². The lowest BCUT2D eigenvalue weighted by molar-refractivity contribution is 0.0734. The Morgan fingerprint density at radius 2 is 1.79 bits per heavy atom. The summed E-state index contributed by atoms with van der Waals surface area (Å²) in [6, 6.07) is 19.2. The average Bonchev–Trinajstić information content (AvgIpc) is 2.70. The number of hydrogen-bond donors (Lipinski definition) is 0. The zero-order valence-corrected chi connectivity index (χ0v) is 17.5. The van der Waals surface area contributed by atoms with Crippen LogP contribution in [-0.2, 0) is 0 Å². The molecular weight excluding hydrogens is 483 g/mol. The molecule has 0 aliphatic carbocycles. The van der Waals surface area contributed by atoms with Crippen LogP contribution in [0, 0.1) is 10.5 Å². The molecule has 6 heteroatoms. The van der Waals surface area contributed by atoms with Gasteiger partial charge in [0.25, 0.3) is 0 Å². The van der Waals surface area contributed by atoms with Crippen molar-refractivity contribution in [1.82, 2.24) is 0 Å². The maximum absolute atomic E-state index is 12.7. The van der Waals surface area contributed by atoms with Gasteiger partial charge in [-0.3, -0.25) is 4.79 Å². The van der Waals surface area contributed by atoms with Crippen LogP contribution >= 0.6 is 22.6 Å². The summed E-state index contributed by atoms with van der Waals surface area (Å²) in [7, 11) is 0. The zero-order valence-electron chi connectivity index (χ0n) is 15.3. The Bertz CT molecular complexity index is 1280. The third-order valence-electron chi connectivity index (χ3n) is 4.24. The molecule has 1 heterocycles. The van der Waals surface area contributed by atoms with Gasteiger partial charge in [-0.1, -0.05) is 24.3 Å². The van der Waals surface area contributed by atoms with Crippen molar-refractivity contribution in [2.75, 3.05) is 0 Å². The van der Waals surface area contributed by atoms with Crippen molar-refractivity contribution in [3.63, 3.8) is 0 Å². The molecule has 0 amide bonds. The van der Waals surface area contributed by atoms with Crippen LogP contribution in [0.15, 0.2) is 82.2 Å². The number of aryl methyl sites for hydroxylation is 1. The number of carbonyl (C=O) groups excluding carboxylic acids is 1. The van der Waals surface area contributed by atoms with Crippen LogP contribution in [0.4, 0.5) is 0 Å². The van der Waals surface area contributed by atoms with E-state index < -0.39 is 5.97 Å². The van der Waals surface area contributed by atoms with Crippen molar-refractivity contribution in [3.8, 4) is 17.2 Å². The molecule has 0 radical (unpaired) electrons. The number of ether oxygens (including phenoxy) is 2. The van der Waals surface area contributed by atoms with Crippen LogP contribution in [0.1, 0.15) is 15.9 Å². The Balaban J connectivity index is 1.61. The molecule has 0 atom stereocenters. The summed E-state index contributed by atoms with van der Waals surface area (Å²) in [5.41, 5.74) is 1.49. The minimum atomic E-state index is -0.476. The number of rotatable bonds is 4. The lowest BCUT2D eigenvalue weighted by Gasteiger charge is -2.08. The van der Waals surface area contributed by atoms with Gasteiger partial charge in [-0.25, -0.2) is 4.79 Å². The first-order valence-electron chi connectivity index (χ1n) is 8.78. The highest BCUT2D eigenvalue weighted by molar-refractivity contribution is 14.1. The standard InChI is InChI=1S/C23H15IO5/c1-14-5-4-6-15(11-14)28-21-13-27-20-12-16(9-10-18(20)22(21)25)29-23(26)17-7-2-3-8-19(17)24/h2-13H,1H3. The lowest BCUT2D eigenvalue weighted by Crippen LogP contribution is -2.10. The van der Waals surface area contributed by atoms with Gasteiger partial charge in [-0.15, -0.1) is 0 Å². The first kappa shape index (κ1) is 19.2. The van der Waals surface area contributed by atoms with Gasteiger partial charge in [0.1, 0.15) is 23.3 Å². The van der Waals surface area contributed by atoms with E-state index in [9.17, 15) is 9.59 Å². The molecule has 0 aliphatic heterocycles. The third-order valence-corrected chi connectivity index (χ3v) is 5.18. The fourth-order valence-corrected chi connectivity index (χ4v) is 3.43. The van der Waals surface area contributed by atoms with Gasteiger partial charge in [-0.05, 0) is 71.5 Å². The number of benzene rings is 3. The molecule has 0 saturated heterocycles. The topological polar surface area (TPSA) is 65.7 Å². The van der Waals surface area contributed by atoms with Gasteiger partial charge in [0.05, 0.1) is 10.9 Å². The van der Waals surface area contributed by atoms with E-state index in [4.69, 9.17) is 13.9 Å². The first-order valence-corrected chi connectivity index (χ1v) is 9.86. The molecule has 29 heavy (non-hydrogen) atoms. The quantitative estimate of drug-likeness (QED) is 0.205. The largest absolute Gasteiger partial charge is 0.460 e. The molecule has 1 aromatic heterocycles. The number of fused-ring (bicyclic) bond motifs is 1. The van der Waals surface area contributed by atoms with E-state index in [2.05, 4.69) is 22.6 Å². The molecule has 0 saturated carbocycles. The highest BCUT2D eigenvalue weighted by Gasteiger charge is 2.14. The summed E-state index contributed by atoms with van der Waals surface area (Å²) in [6.07, 6.45) is 1.26. The predicted molar refractivity (Wildman–Crippen MR) is 118 cm³/mol. The predicted octanol–water partition coefficient (Wildman–Crippen LogP) is 5.72. The second-order valence-corrected chi connectivity index (χ2v) is 7.54. The van der Waals surface area contributed by atoms with Gasteiger partial charge < -0.3 is 13.9 Å². The molecule has 0 spiro atoms. The number of esters is 1. The molecule has 0 unspecified atom stereocenters. The Hall–Kier alpha value is -3.13. The zero-order chi connectivity index (χ0) is 20.4. The first-order chi connectivity index (χ1) is 14.0. The molecule has 4 aromatic rings. The van der Waals surface area contributed by atoms with E-state index in [1.165, 1.54) is 12.3 Å². The van der Waals surface area contributed by atoms with Crippen LogP contribution in [-0.4, -0.2) is 5.97 Å². The van der Waals surface area contributed by atoms with Crippen molar-refractivity contribution >= 4 is 39.5 Å².